The van der Waals surface area contributed by atoms with Crippen LogP contribution < -0.4 is 14.6 Å². The molecule has 0 radical (unpaired) electrons. The van der Waals surface area contributed by atoms with Gasteiger partial charge in [-0.2, -0.15) is 0 Å². The van der Waals surface area contributed by atoms with E-state index in [0.29, 0.717) is 22.8 Å². The molecule has 0 aliphatic heterocycles. The van der Waals surface area contributed by atoms with E-state index in [0.717, 1.165) is 11.1 Å². The molecule has 3 aromatic rings. The quantitative estimate of drug-likeness (QED) is 0.713. The molecule has 0 fully saturated rings. The van der Waals surface area contributed by atoms with Crippen molar-refractivity contribution in [2.45, 2.75) is 0 Å². The summed E-state index contributed by atoms with van der Waals surface area (Å²) < 4.78 is 12.3. The van der Waals surface area contributed by atoms with Crippen LogP contribution in [0.4, 0.5) is 0 Å². The SMILES string of the molecule is COc1ccc(/C=C/c2nc3c(C(=O)[O-])cccc3n2C)cc1OC. The third-order valence-corrected chi connectivity index (χ3v) is 4.00. The number of carbonyl (C=O) groups is 1. The highest BCUT2D eigenvalue weighted by molar-refractivity contribution is 6.00. The summed E-state index contributed by atoms with van der Waals surface area (Å²) in [6.45, 7) is 0. The number of rotatable bonds is 5. The van der Waals surface area contributed by atoms with Crippen molar-refractivity contribution in [2.24, 2.45) is 7.05 Å². The number of imidazole rings is 1. The minimum absolute atomic E-state index is 0.0823. The standard InChI is InChI=1S/C19H18N2O4/c1-21-14-6-4-5-13(19(22)23)18(14)20-17(21)10-8-12-7-9-15(24-2)16(11-12)25-3/h4-11H,1-3H3,(H,22,23)/p-1/b10-8+. The predicted molar refractivity (Wildman–Crippen MR) is 93.5 cm³/mol. The van der Waals surface area contributed by atoms with Crippen LogP contribution in [0.15, 0.2) is 36.4 Å². The van der Waals surface area contributed by atoms with Gasteiger partial charge in [0.25, 0.3) is 0 Å². The molecule has 0 unspecified atom stereocenters. The molecule has 2 aromatic carbocycles. The van der Waals surface area contributed by atoms with Crippen LogP contribution in [0.3, 0.4) is 0 Å². The molecule has 0 amide bonds. The van der Waals surface area contributed by atoms with E-state index >= 15 is 0 Å². The molecule has 0 aliphatic carbocycles. The van der Waals surface area contributed by atoms with Crippen LogP contribution in [0.25, 0.3) is 23.2 Å². The molecule has 6 heteroatoms. The van der Waals surface area contributed by atoms with E-state index in [-0.39, 0.29) is 5.56 Å². The largest absolute Gasteiger partial charge is 0.545 e. The Balaban J connectivity index is 2.01. The van der Waals surface area contributed by atoms with Crippen LogP contribution in [0.5, 0.6) is 11.5 Å². The average molecular weight is 337 g/mol. The number of carboxylic acids is 1. The summed E-state index contributed by atoms with van der Waals surface area (Å²) in [5.41, 5.74) is 2.13. The van der Waals surface area contributed by atoms with Gasteiger partial charge >= 0.3 is 0 Å². The van der Waals surface area contributed by atoms with Gasteiger partial charge in [-0.3, -0.25) is 0 Å². The van der Waals surface area contributed by atoms with Gasteiger partial charge in [-0.15, -0.1) is 0 Å². The molecule has 0 aliphatic rings. The summed E-state index contributed by atoms with van der Waals surface area (Å²) in [5, 5.41) is 11.2. The molecule has 0 atom stereocenters. The maximum absolute atomic E-state index is 11.2. The van der Waals surface area contributed by atoms with Gasteiger partial charge in [-0.05, 0) is 29.8 Å². The van der Waals surface area contributed by atoms with E-state index in [1.54, 1.807) is 20.3 Å². The molecule has 3 rings (SSSR count). The van der Waals surface area contributed by atoms with Gasteiger partial charge in [0.2, 0.25) is 0 Å². The molecule has 1 aromatic heterocycles. The summed E-state index contributed by atoms with van der Waals surface area (Å²) in [6.07, 6.45) is 3.70. The number of hydrogen-bond donors (Lipinski definition) is 0. The maximum Gasteiger partial charge on any atom is 0.161 e. The lowest BCUT2D eigenvalue weighted by molar-refractivity contribution is -0.254. The second kappa shape index (κ2) is 6.68. The lowest BCUT2D eigenvalue weighted by Crippen LogP contribution is -2.22. The first-order valence-electron chi connectivity index (χ1n) is 7.62. The number of aromatic carboxylic acids is 1. The zero-order chi connectivity index (χ0) is 18.0. The van der Waals surface area contributed by atoms with E-state index in [9.17, 15) is 9.90 Å². The van der Waals surface area contributed by atoms with Crippen molar-refractivity contribution in [1.82, 2.24) is 9.55 Å². The number of aromatic nitrogens is 2. The number of ether oxygens (including phenoxy) is 2. The Labute approximate surface area is 144 Å². The molecular weight excluding hydrogens is 320 g/mol. The first-order chi connectivity index (χ1) is 12.0. The van der Waals surface area contributed by atoms with Gasteiger partial charge in [0.1, 0.15) is 5.82 Å². The Bertz CT molecular complexity index is 973. The second-order valence-electron chi connectivity index (χ2n) is 5.44. The molecular formula is C19H17N2O4-. The summed E-state index contributed by atoms with van der Waals surface area (Å²) in [4.78, 5) is 15.7. The fraction of sp³-hybridized carbons (Fsp3) is 0.158. The van der Waals surface area contributed by atoms with Crippen molar-refractivity contribution < 1.29 is 19.4 Å². The van der Waals surface area contributed by atoms with E-state index in [1.165, 1.54) is 6.07 Å². The summed E-state index contributed by atoms with van der Waals surface area (Å²) >= 11 is 0. The molecule has 25 heavy (non-hydrogen) atoms. The lowest BCUT2D eigenvalue weighted by atomic mass is 10.2. The molecule has 128 valence electrons. The fourth-order valence-corrected chi connectivity index (χ4v) is 2.67. The number of carboxylic acid groups (broad SMARTS) is 1. The zero-order valence-corrected chi connectivity index (χ0v) is 14.1. The molecule has 0 saturated heterocycles. The van der Waals surface area contributed by atoms with E-state index in [1.807, 2.05) is 48.0 Å². The van der Waals surface area contributed by atoms with Crippen molar-refractivity contribution in [3.05, 3.63) is 53.3 Å². The van der Waals surface area contributed by atoms with Gasteiger partial charge in [0.05, 0.1) is 31.2 Å². The van der Waals surface area contributed by atoms with Gasteiger partial charge in [0, 0.05) is 12.6 Å². The molecule has 6 nitrogen and oxygen atoms in total. The van der Waals surface area contributed by atoms with Crippen LogP contribution >= 0.6 is 0 Å². The van der Waals surface area contributed by atoms with Gasteiger partial charge < -0.3 is 23.9 Å². The zero-order valence-electron chi connectivity index (χ0n) is 14.1. The first-order valence-corrected chi connectivity index (χ1v) is 7.62. The van der Waals surface area contributed by atoms with Crippen molar-refractivity contribution in [3.63, 3.8) is 0 Å². The molecule has 0 N–H and O–H groups in total. The number of hydrogen-bond acceptors (Lipinski definition) is 5. The van der Waals surface area contributed by atoms with Crippen LogP contribution in [0.2, 0.25) is 0 Å². The topological polar surface area (TPSA) is 76.4 Å². The number of para-hydroxylation sites is 1. The Morgan fingerprint density at radius 1 is 1.12 bits per heavy atom. The second-order valence-corrected chi connectivity index (χ2v) is 5.44. The van der Waals surface area contributed by atoms with Gasteiger partial charge in [-0.25, -0.2) is 4.98 Å². The normalized spacial score (nSPS) is 11.2. The minimum atomic E-state index is -1.24. The Kier molecular flexibility index (Phi) is 4.43. The van der Waals surface area contributed by atoms with E-state index in [2.05, 4.69) is 4.98 Å². The monoisotopic (exact) mass is 337 g/mol. The molecule has 0 bridgehead atoms. The smallest absolute Gasteiger partial charge is 0.161 e. The molecule has 0 saturated carbocycles. The van der Waals surface area contributed by atoms with Crippen LogP contribution in [-0.4, -0.2) is 29.7 Å². The number of methoxy groups -OCH3 is 2. The third-order valence-electron chi connectivity index (χ3n) is 4.00. The van der Waals surface area contributed by atoms with Gasteiger partial charge in [-0.1, -0.05) is 24.3 Å². The van der Waals surface area contributed by atoms with Crippen molar-refractivity contribution >= 4 is 29.2 Å². The van der Waals surface area contributed by atoms with E-state index in [4.69, 9.17) is 9.47 Å². The highest BCUT2D eigenvalue weighted by Crippen LogP contribution is 2.28. The van der Waals surface area contributed by atoms with Crippen LogP contribution in [0, 0.1) is 0 Å². The summed E-state index contributed by atoms with van der Waals surface area (Å²) in [6, 6.07) is 10.6. The van der Waals surface area contributed by atoms with Crippen molar-refractivity contribution in [2.75, 3.05) is 14.2 Å². The molecule has 1 heterocycles. The third kappa shape index (κ3) is 3.06. The Hall–Kier alpha value is -3.28. The number of carbonyl (C=O) groups excluding carboxylic acids is 1. The predicted octanol–water partition coefficient (Wildman–Crippen LogP) is 2.12. The minimum Gasteiger partial charge on any atom is -0.545 e. The number of fused-ring (bicyclic) bond motifs is 1. The van der Waals surface area contributed by atoms with Crippen LogP contribution in [0.1, 0.15) is 21.7 Å². The van der Waals surface area contributed by atoms with Crippen molar-refractivity contribution in [3.8, 4) is 11.5 Å². The Morgan fingerprint density at radius 2 is 1.88 bits per heavy atom. The summed E-state index contributed by atoms with van der Waals surface area (Å²) in [7, 11) is 5.00. The molecule has 0 spiro atoms. The van der Waals surface area contributed by atoms with Crippen molar-refractivity contribution in [1.29, 1.82) is 0 Å². The summed E-state index contributed by atoms with van der Waals surface area (Å²) in [5.74, 6) is 0.687. The lowest BCUT2D eigenvalue weighted by Gasteiger charge is -2.07. The van der Waals surface area contributed by atoms with E-state index < -0.39 is 5.97 Å². The van der Waals surface area contributed by atoms with Gasteiger partial charge in [0.15, 0.2) is 11.5 Å². The average Bonchev–Trinajstić information content (AvgIpc) is 2.95. The fourth-order valence-electron chi connectivity index (χ4n) is 2.67. The number of benzene rings is 2. The highest BCUT2D eigenvalue weighted by Gasteiger charge is 2.10. The number of nitrogens with zero attached hydrogens (tertiary/aromatic N) is 2. The maximum atomic E-state index is 11.2. The van der Waals surface area contributed by atoms with Crippen LogP contribution in [-0.2, 0) is 7.05 Å². The highest BCUT2D eigenvalue weighted by atomic mass is 16.5. The number of aryl methyl sites for hydroxylation is 1. The first kappa shape index (κ1) is 16.6. The Morgan fingerprint density at radius 3 is 2.56 bits per heavy atom.